The van der Waals surface area contributed by atoms with Crippen molar-refractivity contribution >= 4 is 51.4 Å². The number of tetrazole rings is 1. The fraction of sp³-hybridized carbons (Fsp3) is 0.241. The summed E-state index contributed by atoms with van der Waals surface area (Å²) in [6.07, 6.45) is 4.63. The normalized spacial score (nSPS) is 10.7. The van der Waals surface area contributed by atoms with Gasteiger partial charge in [0.15, 0.2) is 5.82 Å². The molecule has 0 unspecified atom stereocenters. The number of nitriles is 1. The molecular weight excluding hydrogens is 517 g/mol. The van der Waals surface area contributed by atoms with Gasteiger partial charge in [-0.05, 0) is 52.9 Å². The Morgan fingerprint density at radius 1 is 1.08 bits per heavy atom. The molecule has 0 bridgehead atoms. The van der Waals surface area contributed by atoms with Gasteiger partial charge in [0.2, 0.25) is 0 Å². The summed E-state index contributed by atoms with van der Waals surface area (Å²) in [5.41, 5.74) is 5.78. The van der Waals surface area contributed by atoms with E-state index < -0.39 is 0 Å². The van der Waals surface area contributed by atoms with Gasteiger partial charge in [0.1, 0.15) is 17.7 Å². The van der Waals surface area contributed by atoms with Crippen molar-refractivity contribution in [1.82, 2.24) is 30.2 Å². The van der Waals surface area contributed by atoms with Crippen LogP contribution in [-0.2, 0) is 19.4 Å². The Kier molecular flexibility index (Phi) is 9.77. The molecule has 0 radical (unpaired) electrons. The zero-order valence-corrected chi connectivity index (χ0v) is 21.3. The van der Waals surface area contributed by atoms with Crippen molar-refractivity contribution in [3.63, 3.8) is 0 Å². The second-order valence-corrected chi connectivity index (χ2v) is 9.12. The van der Waals surface area contributed by atoms with Crippen LogP contribution in [0.25, 0.3) is 22.5 Å². The van der Waals surface area contributed by atoms with Crippen LogP contribution in [0.1, 0.15) is 53.7 Å². The van der Waals surface area contributed by atoms with E-state index in [1.807, 2.05) is 55.5 Å². The van der Waals surface area contributed by atoms with E-state index >= 15 is 0 Å². The number of aromatic amines is 1. The van der Waals surface area contributed by atoms with Crippen LogP contribution in [0.3, 0.4) is 0 Å². The Morgan fingerprint density at radius 3 is 2.54 bits per heavy atom. The van der Waals surface area contributed by atoms with Gasteiger partial charge >= 0.3 is 51.4 Å². The summed E-state index contributed by atoms with van der Waals surface area (Å²) in [7, 11) is 0. The van der Waals surface area contributed by atoms with Crippen LogP contribution in [0.15, 0.2) is 70.1 Å². The first-order valence-electron chi connectivity index (χ1n) is 12.6. The number of hydrogen-bond acceptors (Lipinski definition) is 7. The molecule has 3 aromatic heterocycles. The molecule has 2 aromatic carbocycles. The average molecular weight is 546 g/mol. The van der Waals surface area contributed by atoms with Gasteiger partial charge in [0.05, 0.1) is 24.1 Å². The number of nitrogens with one attached hydrogen (secondary N) is 1. The molecule has 5 aromatic rings. The van der Waals surface area contributed by atoms with Crippen molar-refractivity contribution in [3.05, 3.63) is 105 Å². The van der Waals surface area contributed by atoms with Gasteiger partial charge in [-0.2, -0.15) is 5.26 Å². The van der Waals surface area contributed by atoms with E-state index in [-0.39, 0.29) is 63.5 Å². The number of benzene rings is 2. The van der Waals surface area contributed by atoms with E-state index in [1.165, 1.54) is 6.26 Å². The van der Waals surface area contributed by atoms with Crippen molar-refractivity contribution in [2.75, 3.05) is 0 Å². The summed E-state index contributed by atoms with van der Waals surface area (Å²) >= 11 is 0. The van der Waals surface area contributed by atoms with Crippen molar-refractivity contribution in [2.24, 2.45) is 0 Å². The molecule has 0 atom stereocenters. The van der Waals surface area contributed by atoms with Crippen LogP contribution in [0, 0.1) is 18.3 Å². The maximum absolute atomic E-state index is 13.7. The van der Waals surface area contributed by atoms with Gasteiger partial charge in [-0.15, -0.1) is 5.10 Å². The first-order valence-corrected chi connectivity index (χ1v) is 12.6. The third-order valence-electron chi connectivity index (χ3n) is 6.65. The van der Waals surface area contributed by atoms with Gasteiger partial charge in [0, 0.05) is 17.5 Å². The Labute approximate surface area is 268 Å². The molecule has 9 nitrogen and oxygen atoms in total. The number of unbranched alkanes of at least 4 members (excludes halogenated alkanes) is 1. The van der Waals surface area contributed by atoms with E-state index in [0.717, 1.165) is 47.2 Å². The summed E-state index contributed by atoms with van der Waals surface area (Å²) < 4.78 is 7.09. The Morgan fingerprint density at radius 2 is 1.85 bits per heavy atom. The molecule has 0 aliphatic heterocycles. The van der Waals surface area contributed by atoms with Crippen molar-refractivity contribution in [3.8, 4) is 28.6 Å². The fourth-order valence-corrected chi connectivity index (χ4v) is 4.60. The summed E-state index contributed by atoms with van der Waals surface area (Å²) in [4.78, 5) is 18.6. The predicted octanol–water partition coefficient (Wildman–Crippen LogP) is 4.20. The second-order valence-electron chi connectivity index (χ2n) is 9.12. The quantitative estimate of drug-likeness (QED) is 0.275. The first-order chi connectivity index (χ1) is 18.6. The van der Waals surface area contributed by atoms with E-state index in [4.69, 9.17) is 9.40 Å². The molecule has 0 spiro atoms. The molecule has 0 fully saturated rings. The van der Waals surface area contributed by atoms with Gasteiger partial charge in [0.25, 0.3) is 5.56 Å². The molecule has 39 heavy (non-hydrogen) atoms. The topological polar surface area (TPSA) is 126 Å². The molecule has 0 saturated heterocycles. The van der Waals surface area contributed by atoms with Crippen LogP contribution in [0.2, 0.25) is 0 Å². The monoisotopic (exact) mass is 545 g/mol. The van der Waals surface area contributed by atoms with Gasteiger partial charge in [-0.3, -0.25) is 9.36 Å². The second kappa shape index (κ2) is 13.2. The zero-order valence-electron chi connectivity index (χ0n) is 21.3. The molecule has 0 saturated carbocycles. The van der Waals surface area contributed by atoms with Gasteiger partial charge in [-0.1, -0.05) is 61.9 Å². The third kappa shape index (κ3) is 6.35. The SMILES string of the molecule is CCCCc1nc(C)n(Cc2occc2C#N)c(=O)c1Cc1ccc(-c2ccccc2-c2nnn[nH]2)cc1.[KH]. The number of aryl methyl sites for hydroxylation is 2. The molecule has 3 heterocycles. The number of hydrogen-bond donors (Lipinski definition) is 1. The Balaban J connectivity index is 0.00000353. The number of rotatable bonds is 9. The summed E-state index contributed by atoms with van der Waals surface area (Å²) in [6.45, 7) is 4.12. The van der Waals surface area contributed by atoms with Gasteiger partial charge < -0.3 is 4.42 Å². The molecule has 192 valence electrons. The minimum atomic E-state index is -0.101. The average Bonchev–Trinajstić information content (AvgIpc) is 3.64. The number of aromatic nitrogens is 6. The molecular formula is C29H28KN7O2. The Bertz CT molecular complexity index is 1650. The van der Waals surface area contributed by atoms with Crippen LogP contribution < -0.4 is 5.56 Å². The number of H-pyrrole nitrogens is 1. The third-order valence-corrected chi connectivity index (χ3v) is 6.65. The minimum absolute atomic E-state index is 0. The molecule has 10 heteroatoms. The Hall–Kier alpha value is -3.20. The van der Waals surface area contributed by atoms with E-state index in [2.05, 4.69) is 33.6 Å². The van der Waals surface area contributed by atoms with Crippen LogP contribution in [-0.4, -0.2) is 81.6 Å². The van der Waals surface area contributed by atoms with Crippen LogP contribution >= 0.6 is 0 Å². The molecule has 0 aliphatic carbocycles. The van der Waals surface area contributed by atoms with Crippen LogP contribution in [0.4, 0.5) is 0 Å². The molecule has 5 rings (SSSR count). The van der Waals surface area contributed by atoms with E-state index in [9.17, 15) is 10.1 Å². The molecule has 0 amide bonds. The zero-order chi connectivity index (χ0) is 26.5. The molecule has 1 N–H and O–H groups in total. The summed E-state index contributed by atoms with van der Waals surface area (Å²) in [5, 5.41) is 23.6. The van der Waals surface area contributed by atoms with E-state index in [0.29, 0.717) is 35.0 Å². The predicted molar refractivity (Wildman–Crippen MR) is 149 cm³/mol. The van der Waals surface area contributed by atoms with Gasteiger partial charge in [-0.25, -0.2) is 10.1 Å². The fourth-order valence-electron chi connectivity index (χ4n) is 4.60. The van der Waals surface area contributed by atoms with E-state index in [1.54, 1.807) is 10.6 Å². The number of furan rings is 1. The summed E-state index contributed by atoms with van der Waals surface area (Å²) in [5.74, 6) is 1.67. The first kappa shape index (κ1) is 28.8. The number of nitrogens with zero attached hydrogens (tertiary/aromatic N) is 6. The molecule has 0 aliphatic rings. The van der Waals surface area contributed by atoms with Crippen molar-refractivity contribution < 1.29 is 4.42 Å². The maximum atomic E-state index is 13.7. The summed E-state index contributed by atoms with van der Waals surface area (Å²) in [6, 6.07) is 19.8. The standard InChI is InChI=1S/C29H27N7O2.K.H/c1-3-4-9-26-25(29(37)36(19(2)31-26)18-27-22(17-30)14-15-38-27)16-20-10-12-21(13-11-20)23-7-5-6-8-24(23)28-32-34-35-33-28;;/h5-8,10-15H,3-4,9,16,18H2,1-2H3,(H,32,33,34,35);;. The van der Waals surface area contributed by atoms with Crippen molar-refractivity contribution in [1.29, 1.82) is 5.26 Å². The van der Waals surface area contributed by atoms with Crippen molar-refractivity contribution in [2.45, 2.75) is 46.1 Å². The van der Waals surface area contributed by atoms with Crippen LogP contribution in [0.5, 0.6) is 0 Å².